The molecule has 1 amide bonds. The van der Waals surface area contributed by atoms with Crippen LogP contribution < -0.4 is 16.8 Å². The first-order valence-corrected chi connectivity index (χ1v) is 10.6. The topological polar surface area (TPSA) is 121 Å². The minimum Gasteiger partial charge on any atom is -0.389 e. The molecule has 1 aromatic carbocycles. The summed E-state index contributed by atoms with van der Waals surface area (Å²) in [4.78, 5) is 17.0. The van der Waals surface area contributed by atoms with Crippen LogP contribution >= 0.6 is 11.3 Å². The second kappa shape index (κ2) is 8.88. The molecule has 32 heavy (non-hydrogen) atoms. The van der Waals surface area contributed by atoms with Gasteiger partial charge in [0, 0.05) is 18.7 Å². The number of nitrogen functional groups attached to an aromatic ring is 1. The number of nitrogens with two attached hydrogens (primary N) is 2. The van der Waals surface area contributed by atoms with E-state index in [9.17, 15) is 18.0 Å². The lowest BCUT2D eigenvalue weighted by Crippen LogP contribution is -2.32. The maximum atomic E-state index is 14.1. The van der Waals surface area contributed by atoms with Gasteiger partial charge in [-0.1, -0.05) is 17.4 Å². The Bertz CT molecular complexity index is 1140. The normalized spacial score (nSPS) is 21.3. The van der Waals surface area contributed by atoms with E-state index in [1.165, 1.54) is 23.0 Å². The van der Waals surface area contributed by atoms with Gasteiger partial charge in [0.25, 0.3) is 5.91 Å². The Balaban J connectivity index is 1.58. The Kier molecular flexibility index (Phi) is 6.17. The summed E-state index contributed by atoms with van der Waals surface area (Å²) in [6.45, 7) is -0.161. The van der Waals surface area contributed by atoms with Gasteiger partial charge in [0.2, 0.25) is 0 Å². The van der Waals surface area contributed by atoms with Gasteiger partial charge in [-0.15, -0.1) is 0 Å². The molecule has 3 atom stereocenters. The van der Waals surface area contributed by atoms with E-state index in [1.54, 1.807) is 7.05 Å². The van der Waals surface area contributed by atoms with Gasteiger partial charge >= 0.3 is 0 Å². The molecule has 1 aliphatic rings. The van der Waals surface area contributed by atoms with Crippen molar-refractivity contribution in [1.29, 1.82) is 0 Å². The van der Waals surface area contributed by atoms with E-state index in [1.807, 2.05) is 0 Å². The summed E-state index contributed by atoms with van der Waals surface area (Å²) in [6.07, 6.45) is 0.499. The highest BCUT2D eigenvalue weighted by Gasteiger charge is 2.30. The molecule has 0 spiro atoms. The van der Waals surface area contributed by atoms with E-state index in [2.05, 4.69) is 15.4 Å². The number of thiazole rings is 1. The van der Waals surface area contributed by atoms with Crippen molar-refractivity contribution < 1.29 is 22.7 Å². The van der Waals surface area contributed by atoms with Crippen molar-refractivity contribution in [3.63, 3.8) is 0 Å². The summed E-state index contributed by atoms with van der Waals surface area (Å²) in [6, 6.07) is 3.06. The third kappa shape index (κ3) is 4.20. The highest BCUT2D eigenvalue weighted by molar-refractivity contribution is 7.19. The van der Waals surface area contributed by atoms with E-state index in [0.717, 1.165) is 17.4 Å². The molecule has 0 radical (unpaired) electrons. The molecule has 170 valence electrons. The Labute approximate surface area is 185 Å². The number of ether oxygens (including phenoxy) is 1. The van der Waals surface area contributed by atoms with Crippen molar-refractivity contribution in [3.05, 3.63) is 47.4 Å². The number of nitrogens with zero attached hydrogens (tertiary/aromatic N) is 3. The highest BCUT2D eigenvalue weighted by Crippen LogP contribution is 2.35. The van der Waals surface area contributed by atoms with Crippen molar-refractivity contribution in [2.75, 3.05) is 17.7 Å². The standard InChI is InChI=1S/C20H21F3N6O2S/c1-29-17(14-6-5-12(24)11(22)8-31-14)13(7-26-29)27-19(30)16-18(25)32-20(28-16)9-3-2-4-10(21)15(9)23/h2-4,7,11-12,14H,5-6,8,24-25H2,1H3,(H,27,30). The summed E-state index contributed by atoms with van der Waals surface area (Å²) in [5.41, 5.74) is 12.4. The van der Waals surface area contributed by atoms with Gasteiger partial charge < -0.3 is 21.5 Å². The SMILES string of the molecule is Cn1ncc(NC(=O)c2nc(-c3cccc(F)c3F)sc2N)c1C1CCC(N)C(F)CO1. The summed E-state index contributed by atoms with van der Waals surface area (Å²) < 4.78 is 48.8. The molecular formula is C20H21F3N6O2S. The number of benzene rings is 1. The number of carbonyl (C=O) groups is 1. The third-order valence-corrected chi connectivity index (χ3v) is 6.19. The monoisotopic (exact) mass is 466 g/mol. The van der Waals surface area contributed by atoms with Gasteiger partial charge in [-0.2, -0.15) is 5.10 Å². The molecule has 1 aliphatic heterocycles. The number of hydrogen-bond acceptors (Lipinski definition) is 7. The largest absolute Gasteiger partial charge is 0.389 e. The number of amides is 1. The molecule has 0 bridgehead atoms. The molecule has 4 rings (SSSR count). The van der Waals surface area contributed by atoms with Gasteiger partial charge in [-0.25, -0.2) is 18.2 Å². The molecule has 3 unspecified atom stereocenters. The minimum absolute atomic E-state index is 0.0450. The number of nitrogens with one attached hydrogen (secondary N) is 1. The van der Waals surface area contributed by atoms with Crippen LogP contribution in [0.5, 0.6) is 0 Å². The average molecular weight is 466 g/mol. The van der Waals surface area contributed by atoms with Crippen molar-refractivity contribution >= 4 is 27.9 Å². The number of carbonyl (C=O) groups excluding carboxylic acids is 1. The molecule has 0 saturated carbocycles. The summed E-state index contributed by atoms with van der Waals surface area (Å²) >= 11 is 0.868. The van der Waals surface area contributed by atoms with E-state index in [4.69, 9.17) is 16.2 Å². The fourth-order valence-electron chi connectivity index (χ4n) is 3.54. The number of halogens is 3. The Morgan fingerprint density at radius 2 is 2.12 bits per heavy atom. The van der Waals surface area contributed by atoms with Crippen molar-refractivity contribution in [2.24, 2.45) is 12.8 Å². The number of hydrogen-bond donors (Lipinski definition) is 3. The third-order valence-electron chi connectivity index (χ3n) is 5.27. The molecule has 1 saturated heterocycles. The van der Waals surface area contributed by atoms with Gasteiger partial charge in [0.15, 0.2) is 17.3 Å². The van der Waals surface area contributed by atoms with Gasteiger partial charge in [0.1, 0.15) is 22.3 Å². The maximum absolute atomic E-state index is 14.1. The number of rotatable bonds is 4. The molecule has 0 aliphatic carbocycles. The smallest absolute Gasteiger partial charge is 0.277 e. The van der Waals surface area contributed by atoms with Crippen LogP contribution in [0.2, 0.25) is 0 Å². The summed E-state index contributed by atoms with van der Waals surface area (Å²) in [5.74, 6) is -2.75. The van der Waals surface area contributed by atoms with E-state index >= 15 is 0 Å². The maximum Gasteiger partial charge on any atom is 0.277 e. The van der Waals surface area contributed by atoms with Crippen LogP contribution in [-0.4, -0.2) is 39.5 Å². The summed E-state index contributed by atoms with van der Waals surface area (Å²) in [7, 11) is 1.67. The Hall–Kier alpha value is -2.96. The lowest BCUT2D eigenvalue weighted by Gasteiger charge is -2.17. The predicted octanol–water partition coefficient (Wildman–Crippen LogP) is 3.17. The molecular weight excluding hydrogens is 445 g/mol. The number of anilines is 2. The van der Waals surface area contributed by atoms with Crippen LogP contribution in [0.4, 0.5) is 23.9 Å². The molecule has 8 nitrogen and oxygen atoms in total. The van der Waals surface area contributed by atoms with Crippen molar-refractivity contribution in [3.8, 4) is 10.6 Å². The first-order valence-electron chi connectivity index (χ1n) is 9.81. The zero-order chi connectivity index (χ0) is 23.0. The predicted molar refractivity (Wildman–Crippen MR) is 114 cm³/mol. The van der Waals surface area contributed by atoms with Crippen LogP contribution in [-0.2, 0) is 11.8 Å². The van der Waals surface area contributed by atoms with Crippen LogP contribution in [0.1, 0.15) is 35.1 Å². The molecule has 12 heteroatoms. The fraction of sp³-hybridized carbons (Fsp3) is 0.350. The lowest BCUT2D eigenvalue weighted by molar-refractivity contribution is 0.0247. The minimum atomic E-state index is -1.28. The summed E-state index contributed by atoms with van der Waals surface area (Å²) in [5, 5.41) is 6.97. The molecule has 2 aromatic heterocycles. The fourth-order valence-corrected chi connectivity index (χ4v) is 4.39. The first kappa shape index (κ1) is 22.2. The number of aromatic nitrogens is 3. The zero-order valence-electron chi connectivity index (χ0n) is 17.0. The first-order chi connectivity index (χ1) is 15.3. The van der Waals surface area contributed by atoms with E-state index < -0.39 is 35.9 Å². The quantitative estimate of drug-likeness (QED) is 0.543. The van der Waals surface area contributed by atoms with E-state index in [0.29, 0.717) is 24.2 Å². The second-order valence-electron chi connectivity index (χ2n) is 7.43. The van der Waals surface area contributed by atoms with Crippen LogP contribution in [0.15, 0.2) is 24.4 Å². The van der Waals surface area contributed by atoms with Gasteiger partial charge in [-0.05, 0) is 25.0 Å². The van der Waals surface area contributed by atoms with Gasteiger partial charge in [-0.3, -0.25) is 9.48 Å². The van der Waals surface area contributed by atoms with Crippen LogP contribution in [0, 0.1) is 11.6 Å². The lowest BCUT2D eigenvalue weighted by atomic mass is 10.0. The van der Waals surface area contributed by atoms with Crippen molar-refractivity contribution in [1.82, 2.24) is 14.8 Å². The molecule has 3 aromatic rings. The number of alkyl halides is 1. The Morgan fingerprint density at radius 3 is 2.91 bits per heavy atom. The number of aryl methyl sites for hydroxylation is 1. The molecule has 5 N–H and O–H groups in total. The highest BCUT2D eigenvalue weighted by atomic mass is 32.1. The second-order valence-corrected chi connectivity index (χ2v) is 8.46. The van der Waals surface area contributed by atoms with Crippen LogP contribution in [0.3, 0.4) is 0 Å². The van der Waals surface area contributed by atoms with Gasteiger partial charge in [0.05, 0.1) is 24.2 Å². The zero-order valence-corrected chi connectivity index (χ0v) is 17.8. The molecule has 3 heterocycles. The van der Waals surface area contributed by atoms with Crippen LogP contribution in [0.25, 0.3) is 10.6 Å². The molecule has 1 fully saturated rings. The Morgan fingerprint density at radius 1 is 1.34 bits per heavy atom. The van der Waals surface area contributed by atoms with Crippen molar-refractivity contribution in [2.45, 2.75) is 31.2 Å². The van der Waals surface area contributed by atoms with E-state index in [-0.39, 0.29) is 27.9 Å². The average Bonchev–Trinajstić information content (AvgIpc) is 3.27.